The Morgan fingerprint density at radius 3 is 2.71 bits per heavy atom. The number of hydrogen-bond acceptors (Lipinski definition) is 4. The number of nitrogens with one attached hydrogen (secondary N) is 1. The van der Waals surface area contributed by atoms with Crippen LogP contribution >= 0.6 is 0 Å². The fraction of sp³-hybridized carbons (Fsp3) is 0.0714. The number of pyridine rings is 1. The van der Waals surface area contributed by atoms with Crippen LogP contribution in [0.25, 0.3) is 0 Å². The fourth-order valence-electron chi connectivity index (χ4n) is 1.76. The summed E-state index contributed by atoms with van der Waals surface area (Å²) >= 11 is 0. The molecule has 7 heteroatoms. The molecule has 2 N–H and O–H groups in total. The van der Waals surface area contributed by atoms with Crippen molar-refractivity contribution < 1.29 is 23.8 Å². The lowest BCUT2D eigenvalue weighted by molar-refractivity contribution is 0.0691. The number of methoxy groups -OCH3 is 1. The molecule has 0 spiro atoms. The van der Waals surface area contributed by atoms with E-state index in [4.69, 9.17) is 9.84 Å². The standard InChI is InChI=1S/C14H11FN2O4/c1-21-10-6-2-4-8(15)11(10)13(18)17-9-5-3-7-16-12(9)14(19)20/h2-7H,1H3,(H,17,18)(H,19,20). The molecule has 0 bridgehead atoms. The molecule has 0 saturated heterocycles. The predicted octanol–water partition coefficient (Wildman–Crippen LogP) is 2.18. The normalized spacial score (nSPS) is 10.0. The van der Waals surface area contributed by atoms with Gasteiger partial charge in [0.05, 0.1) is 12.8 Å². The molecule has 108 valence electrons. The molecular formula is C14H11FN2O4. The van der Waals surface area contributed by atoms with E-state index in [-0.39, 0.29) is 22.7 Å². The molecule has 1 aromatic heterocycles. The van der Waals surface area contributed by atoms with Crippen molar-refractivity contribution in [2.24, 2.45) is 0 Å². The topological polar surface area (TPSA) is 88.5 Å². The molecule has 2 aromatic rings. The number of carbonyl (C=O) groups excluding carboxylic acids is 1. The fourth-order valence-corrected chi connectivity index (χ4v) is 1.76. The lowest BCUT2D eigenvalue weighted by Gasteiger charge is -2.11. The maximum absolute atomic E-state index is 13.8. The zero-order valence-electron chi connectivity index (χ0n) is 11.0. The number of hydrogen-bond donors (Lipinski definition) is 2. The van der Waals surface area contributed by atoms with E-state index in [1.165, 1.54) is 37.6 Å². The molecule has 0 aliphatic rings. The first-order valence-electron chi connectivity index (χ1n) is 5.86. The van der Waals surface area contributed by atoms with Gasteiger partial charge in [-0.15, -0.1) is 0 Å². The van der Waals surface area contributed by atoms with Crippen LogP contribution in [0.1, 0.15) is 20.8 Å². The molecule has 0 radical (unpaired) electrons. The summed E-state index contributed by atoms with van der Waals surface area (Å²) in [6.45, 7) is 0. The minimum absolute atomic E-state index is 0.0275. The molecule has 0 aliphatic heterocycles. The smallest absolute Gasteiger partial charge is 0.356 e. The van der Waals surface area contributed by atoms with Crippen molar-refractivity contribution in [3.05, 3.63) is 53.6 Å². The second-order valence-corrected chi connectivity index (χ2v) is 3.98. The SMILES string of the molecule is COc1cccc(F)c1C(=O)Nc1cccnc1C(=O)O. The van der Waals surface area contributed by atoms with E-state index in [0.717, 1.165) is 6.07 Å². The molecule has 2 rings (SSSR count). The maximum atomic E-state index is 13.8. The molecule has 21 heavy (non-hydrogen) atoms. The van der Waals surface area contributed by atoms with Gasteiger partial charge < -0.3 is 15.2 Å². The van der Waals surface area contributed by atoms with Crippen molar-refractivity contribution in [1.82, 2.24) is 4.98 Å². The van der Waals surface area contributed by atoms with Gasteiger partial charge in [0, 0.05) is 6.20 Å². The first-order valence-corrected chi connectivity index (χ1v) is 5.86. The van der Waals surface area contributed by atoms with E-state index in [9.17, 15) is 14.0 Å². The summed E-state index contributed by atoms with van der Waals surface area (Å²) in [7, 11) is 1.30. The summed E-state index contributed by atoms with van der Waals surface area (Å²) in [5, 5.41) is 11.3. The molecule has 1 heterocycles. The average Bonchev–Trinajstić information content (AvgIpc) is 2.47. The Labute approximate surface area is 119 Å². The highest BCUT2D eigenvalue weighted by Gasteiger charge is 2.20. The van der Waals surface area contributed by atoms with Crippen LogP contribution in [0.5, 0.6) is 5.75 Å². The quantitative estimate of drug-likeness (QED) is 0.901. The Morgan fingerprint density at radius 2 is 2.05 bits per heavy atom. The van der Waals surface area contributed by atoms with Crippen molar-refractivity contribution in [1.29, 1.82) is 0 Å². The first-order chi connectivity index (χ1) is 10.0. The van der Waals surface area contributed by atoms with Crippen LogP contribution in [0.3, 0.4) is 0 Å². The molecule has 0 saturated carbocycles. The molecule has 0 fully saturated rings. The highest BCUT2D eigenvalue weighted by atomic mass is 19.1. The summed E-state index contributed by atoms with van der Waals surface area (Å²) in [5.41, 5.74) is -0.665. The highest BCUT2D eigenvalue weighted by molar-refractivity contribution is 6.08. The van der Waals surface area contributed by atoms with Gasteiger partial charge in [-0.3, -0.25) is 4.79 Å². The Balaban J connectivity index is 2.38. The number of aromatic carboxylic acids is 1. The Bertz CT molecular complexity index is 703. The molecule has 1 aromatic carbocycles. The third-order valence-electron chi connectivity index (χ3n) is 2.68. The van der Waals surface area contributed by atoms with Gasteiger partial charge in [-0.05, 0) is 24.3 Å². The van der Waals surface area contributed by atoms with E-state index in [0.29, 0.717) is 0 Å². The van der Waals surface area contributed by atoms with Crippen LogP contribution in [0.4, 0.5) is 10.1 Å². The third-order valence-corrected chi connectivity index (χ3v) is 2.68. The van der Waals surface area contributed by atoms with Crippen LogP contribution < -0.4 is 10.1 Å². The van der Waals surface area contributed by atoms with E-state index in [1.54, 1.807) is 0 Å². The molecular weight excluding hydrogens is 279 g/mol. The van der Waals surface area contributed by atoms with Crippen molar-refractivity contribution in [2.45, 2.75) is 0 Å². The van der Waals surface area contributed by atoms with Gasteiger partial charge in [0.15, 0.2) is 5.69 Å². The third kappa shape index (κ3) is 2.97. The number of carboxylic acids is 1. The van der Waals surface area contributed by atoms with Crippen LogP contribution in [-0.2, 0) is 0 Å². The first kappa shape index (κ1) is 14.4. The van der Waals surface area contributed by atoms with E-state index in [1.807, 2.05) is 0 Å². The summed E-state index contributed by atoms with van der Waals surface area (Å²) in [6.07, 6.45) is 1.28. The van der Waals surface area contributed by atoms with Crippen molar-refractivity contribution in [2.75, 3.05) is 12.4 Å². The van der Waals surface area contributed by atoms with Gasteiger partial charge in [0.2, 0.25) is 0 Å². The van der Waals surface area contributed by atoms with E-state index >= 15 is 0 Å². The lowest BCUT2D eigenvalue weighted by atomic mass is 10.1. The summed E-state index contributed by atoms with van der Waals surface area (Å²) in [4.78, 5) is 26.8. The van der Waals surface area contributed by atoms with Gasteiger partial charge in [-0.25, -0.2) is 14.2 Å². The number of anilines is 1. The van der Waals surface area contributed by atoms with E-state index < -0.39 is 17.7 Å². The Kier molecular flexibility index (Phi) is 4.13. The predicted molar refractivity (Wildman–Crippen MR) is 72.1 cm³/mol. The highest BCUT2D eigenvalue weighted by Crippen LogP contribution is 2.23. The second-order valence-electron chi connectivity index (χ2n) is 3.98. The zero-order valence-corrected chi connectivity index (χ0v) is 11.0. The number of aromatic nitrogens is 1. The number of ether oxygens (including phenoxy) is 1. The number of carbonyl (C=O) groups is 2. The Morgan fingerprint density at radius 1 is 1.29 bits per heavy atom. The average molecular weight is 290 g/mol. The summed E-state index contributed by atoms with van der Waals surface area (Å²) in [6, 6.07) is 6.76. The van der Waals surface area contributed by atoms with Crippen LogP contribution in [0.2, 0.25) is 0 Å². The molecule has 6 nitrogen and oxygen atoms in total. The molecule has 0 unspecified atom stereocenters. The number of carboxylic acid groups (broad SMARTS) is 1. The van der Waals surface area contributed by atoms with Gasteiger partial charge in [0.25, 0.3) is 5.91 Å². The molecule has 0 atom stereocenters. The zero-order chi connectivity index (χ0) is 15.4. The number of nitrogens with zero attached hydrogens (tertiary/aromatic N) is 1. The molecule has 1 amide bonds. The number of halogens is 1. The minimum atomic E-state index is -1.30. The van der Waals surface area contributed by atoms with Crippen LogP contribution in [0.15, 0.2) is 36.5 Å². The Hall–Kier alpha value is -2.96. The van der Waals surface area contributed by atoms with Crippen LogP contribution in [0, 0.1) is 5.82 Å². The second kappa shape index (κ2) is 6.00. The van der Waals surface area contributed by atoms with Gasteiger partial charge >= 0.3 is 5.97 Å². The number of rotatable bonds is 4. The molecule has 0 aliphatic carbocycles. The lowest BCUT2D eigenvalue weighted by Crippen LogP contribution is -2.17. The monoisotopic (exact) mass is 290 g/mol. The number of benzene rings is 1. The summed E-state index contributed by atoms with van der Waals surface area (Å²) < 4.78 is 18.7. The van der Waals surface area contributed by atoms with Crippen molar-refractivity contribution in [3.63, 3.8) is 0 Å². The van der Waals surface area contributed by atoms with Gasteiger partial charge in [0.1, 0.15) is 17.1 Å². The van der Waals surface area contributed by atoms with Crippen molar-refractivity contribution >= 4 is 17.6 Å². The largest absolute Gasteiger partial charge is 0.496 e. The van der Waals surface area contributed by atoms with Crippen LogP contribution in [-0.4, -0.2) is 29.1 Å². The van der Waals surface area contributed by atoms with Crippen molar-refractivity contribution in [3.8, 4) is 5.75 Å². The van der Waals surface area contributed by atoms with Gasteiger partial charge in [-0.2, -0.15) is 0 Å². The number of amides is 1. The van der Waals surface area contributed by atoms with Gasteiger partial charge in [-0.1, -0.05) is 6.07 Å². The summed E-state index contributed by atoms with van der Waals surface area (Å²) in [5.74, 6) is -2.84. The van der Waals surface area contributed by atoms with E-state index in [2.05, 4.69) is 10.3 Å². The minimum Gasteiger partial charge on any atom is -0.496 e. The maximum Gasteiger partial charge on any atom is 0.356 e.